The first kappa shape index (κ1) is 9.97. The summed E-state index contributed by atoms with van der Waals surface area (Å²) < 4.78 is 5.43. The molecule has 0 aromatic heterocycles. The van der Waals surface area contributed by atoms with E-state index in [1.54, 1.807) is 0 Å². The third kappa shape index (κ3) is 1.55. The highest BCUT2D eigenvalue weighted by molar-refractivity contribution is 5.68. The van der Waals surface area contributed by atoms with Gasteiger partial charge in [-0.3, -0.25) is 0 Å². The zero-order valence-electron chi connectivity index (χ0n) is 9.13. The van der Waals surface area contributed by atoms with Crippen molar-refractivity contribution in [1.82, 2.24) is 0 Å². The minimum atomic E-state index is -0.746. The SMILES string of the molecule is [N-]=[N+]=NC(=O)OC12CC3CC(CC(C3)C1)C2. The average Bonchev–Trinajstić information content (AvgIpc) is 2.13. The Balaban J connectivity index is 1.78. The summed E-state index contributed by atoms with van der Waals surface area (Å²) in [4.78, 5) is 13.8. The van der Waals surface area contributed by atoms with Gasteiger partial charge in [0.25, 0.3) is 0 Å². The van der Waals surface area contributed by atoms with Crippen LogP contribution in [0.2, 0.25) is 0 Å². The maximum Gasteiger partial charge on any atom is 0.397 e. The summed E-state index contributed by atoms with van der Waals surface area (Å²) in [6, 6.07) is 0. The van der Waals surface area contributed by atoms with Gasteiger partial charge in [-0.15, -0.1) is 0 Å². The monoisotopic (exact) mass is 221 g/mol. The average molecular weight is 221 g/mol. The first-order chi connectivity index (χ1) is 7.69. The molecule has 4 aliphatic carbocycles. The molecule has 0 aromatic carbocycles. The summed E-state index contributed by atoms with van der Waals surface area (Å²) in [7, 11) is 0. The predicted molar refractivity (Wildman–Crippen MR) is 56.5 cm³/mol. The molecule has 86 valence electrons. The van der Waals surface area contributed by atoms with Gasteiger partial charge >= 0.3 is 6.09 Å². The van der Waals surface area contributed by atoms with E-state index in [1.165, 1.54) is 19.3 Å². The quantitative estimate of drug-likeness (QED) is 0.386. The summed E-state index contributed by atoms with van der Waals surface area (Å²) in [5, 5.41) is 3.02. The van der Waals surface area contributed by atoms with Crippen LogP contribution >= 0.6 is 0 Å². The summed E-state index contributed by atoms with van der Waals surface area (Å²) >= 11 is 0. The van der Waals surface area contributed by atoms with Gasteiger partial charge < -0.3 is 4.74 Å². The molecule has 0 radical (unpaired) electrons. The van der Waals surface area contributed by atoms with Crippen molar-refractivity contribution in [3.05, 3.63) is 10.4 Å². The summed E-state index contributed by atoms with van der Waals surface area (Å²) in [6.07, 6.45) is 6.10. The molecule has 0 atom stereocenters. The number of hydrogen-bond acceptors (Lipinski definition) is 2. The van der Waals surface area contributed by atoms with Crippen LogP contribution in [-0.4, -0.2) is 11.7 Å². The van der Waals surface area contributed by atoms with Crippen LogP contribution in [0.4, 0.5) is 4.79 Å². The fourth-order valence-electron chi connectivity index (χ4n) is 4.40. The van der Waals surface area contributed by atoms with Gasteiger partial charge in [0.2, 0.25) is 0 Å². The van der Waals surface area contributed by atoms with Gasteiger partial charge in [0.1, 0.15) is 5.60 Å². The van der Waals surface area contributed by atoms with E-state index >= 15 is 0 Å². The maximum atomic E-state index is 11.3. The Hall–Kier alpha value is -1.22. The molecule has 5 heteroatoms. The highest BCUT2D eigenvalue weighted by Gasteiger charge is 2.53. The molecule has 16 heavy (non-hydrogen) atoms. The third-order valence-electron chi connectivity index (χ3n) is 4.41. The minimum Gasteiger partial charge on any atom is -0.454 e. The van der Waals surface area contributed by atoms with Crippen LogP contribution in [-0.2, 0) is 4.74 Å². The van der Waals surface area contributed by atoms with Crippen molar-refractivity contribution in [2.24, 2.45) is 22.9 Å². The lowest BCUT2D eigenvalue weighted by atomic mass is 9.54. The highest BCUT2D eigenvalue weighted by Crippen LogP contribution is 2.57. The van der Waals surface area contributed by atoms with E-state index in [0.717, 1.165) is 37.0 Å². The van der Waals surface area contributed by atoms with Gasteiger partial charge in [-0.25, -0.2) is 4.79 Å². The lowest BCUT2D eigenvalue weighted by Gasteiger charge is -2.55. The lowest BCUT2D eigenvalue weighted by Crippen LogP contribution is -2.52. The van der Waals surface area contributed by atoms with Crippen molar-refractivity contribution in [2.75, 3.05) is 0 Å². The number of amides is 1. The van der Waals surface area contributed by atoms with Crippen LogP contribution in [0.15, 0.2) is 5.11 Å². The van der Waals surface area contributed by atoms with Crippen molar-refractivity contribution in [3.8, 4) is 0 Å². The van der Waals surface area contributed by atoms with E-state index < -0.39 is 6.09 Å². The third-order valence-corrected chi connectivity index (χ3v) is 4.41. The Morgan fingerprint density at radius 1 is 1.19 bits per heavy atom. The second kappa shape index (κ2) is 3.39. The molecule has 0 spiro atoms. The molecule has 4 fully saturated rings. The van der Waals surface area contributed by atoms with Crippen LogP contribution in [0.1, 0.15) is 38.5 Å². The van der Waals surface area contributed by atoms with Gasteiger partial charge in [-0.1, -0.05) is 0 Å². The number of rotatable bonds is 1. The van der Waals surface area contributed by atoms with Crippen LogP contribution < -0.4 is 0 Å². The summed E-state index contributed by atoms with van der Waals surface area (Å²) in [6.45, 7) is 0. The molecule has 0 saturated heterocycles. The van der Waals surface area contributed by atoms with Crippen molar-refractivity contribution < 1.29 is 9.53 Å². The second-order valence-electron chi connectivity index (χ2n) is 5.66. The fourth-order valence-corrected chi connectivity index (χ4v) is 4.40. The Morgan fingerprint density at radius 3 is 2.12 bits per heavy atom. The zero-order valence-corrected chi connectivity index (χ0v) is 9.13. The maximum absolute atomic E-state index is 11.3. The van der Waals surface area contributed by atoms with E-state index in [-0.39, 0.29) is 5.60 Å². The predicted octanol–water partition coefficient (Wildman–Crippen LogP) is 3.40. The molecule has 0 aromatic rings. The van der Waals surface area contributed by atoms with E-state index in [4.69, 9.17) is 10.3 Å². The first-order valence-corrected chi connectivity index (χ1v) is 5.97. The van der Waals surface area contributed by atoms with Gasteiger partial charge in [0.15, 0.2) is 0 Å². The smallest absolute Gasteiger partial charge is 0.397 e. The van der Waals surface area contributed by atoms with E-state index in [9.17, 15) is 4.79 Å². The van der Waals surface area contributed by atoms with Gasteiger partial charge in [0.05, 0.1) is 0 Å². The van der Waals surface area contributed by atoms with Crippen molar-refractivity contribution in [2.45, 2.75) is 44.1 Å². The topological polar surface area (TPSA) is 75.1 Å². The Labute approximate surface area is 93.8 Å². The first-order valence-electron chi connectivity index (χ1n) is 5.97. The number of carbonyl (C=O) groups excluding carboxylic acids is 1. The number of nitrogens with zero attached hydrogens (tertiary/aromatic N) is 3. The Morgan fingerprint density at radius 2 is 1.69 bits per heavy atom. The van der Waals surface area contributed by atoms with Gasteiger partial charge in [-0.2, -0.15) is 0 Å². The summed E-state index contributed by atoms with van der Waals surface area (Å²) in [5.41, 5.74) is 7.92. The molecule has 0 unspecified atom stereocenters. The standard InChI is InChI=1S/C11H15N3O2/c12-14-13-10(15)16-11-4-7-1-8(5-11)3-9(2-7)6-11/h7-9H,1-6H2. The molecular formula is C11H15N3O2. The van der Waals surface area contributed by atoms with Crippen molar-refractivity contribution in [1.29, 1.82) is 0 Å². The molecule has 4 saturated carbocycles. The lowest BCUT2D eigenvalue weighted by molar-refractivity contribution is -0.125. The fraction of sp³-hybridized carbons (Fsp3) is 0.909. The molecule has 1 amide bonds. The van der Waals surface area contributed by atoms with Crippen LogP contribution in [0.5, 0.6) is 0 Å². The molecular weight excluding hydrogens is 206 g/mol. The van der Waals surface area contributed by atoms with Crippen molar-refractivity contribution >= 4 is 6.09 Å². The molecule has 4 rings (SSSR count). The highest BCUT2D eigenvalue weighted by atomic mass is 16.6. The van der Waals surface area contributed by atoms with Crippen molar-refractivity contribution in [3.63, 3.8) is 0 Å². The molecule has 0 heterocycles. The molecule has 0 aliphatic heterocycles. The molecule has 4 bridgehead atoms. The normalized spacial score (nSPS) is 43.9. The van der Waals surface area contributed by atoms with Gasteiger partial charge in [-0.05, 0) is 61.8 Å². The minimum absolute atomic E-state index is 0.292. The number of hydrogen-bond donors (Lipinski definition) is 0. The zero-order chi connectivity index (χ0) is 11.2. The van der Waals surface area contributed by atoms with E-state index in [1.807, 2.05) is 0 Å². The largest absolute Gasteiger partial charge is 0.454 e. The van der Waals surface area contributed by atoms with Crippen LogP contribution in [0, 0.1) is 17.8 Å². The Bertz CT molecular complexity index is 338. The number of carbonyl (C=O) groups is 1. The number of azide groups is 1. The van der Waals surface area contributed by atoms with Crippen LogP contribution in [0.3, 0.4) is 0 Å². The second-order valence-corrected chi connectivity index (χ2v) is 5.66. The van der Waals surface area contributed by atoms with Gasteiger partial charge in [0, 0.05) is 10.0 Å². The molecule has 5 nitrogen and oxygen atoms in total. The van der Waals surface area contributed by atoms with E-state index in [2.05, 4.69) is 10.0 Å². The Kier molecular flexibility index (Phi) is 2.11. The molecule has 0 N–H and O–H groups in total. The van der Waals surface area contributed by atoms with Crippen LogP contribution in [0.25, 0.3) is 10.4 Å². The number of ether oxygens (including phenoxy) is 1. The van der Waals surface area contributed by atoms with E-state index in [0.29, 0.717) is 0 Å². The summed E-state index contributed by atoms with van der Waals surface area (Å²) in [5.74, 6) is 2.18. The molecule has 4 aliphatic rings.